The molecule has 1 heterocycles. The second-order valence-corrected chi connectivity index (χ2v) is 7.08. The molecule has 0 aliphatic carbocycles. The van der Waals surface area contributed by atoms with Gasteiger partial charge in [-0.3, -0.25) is 0 Å². The van der Waals surface area contributed by atoms with Gasteiger partial charge in [-0.25, -0.2) is 0 Å². The zero-order chi connectivity index (χ0) is 18.0. The van der Waals surface area contributed by atoms with Crippen LogP contribution >= 0.6 is 0 Å². The maximum atomic E-state index is 4.22. The van der Waals surface area contributed by atoms with Crippen LogP contribution < -0.4 is 9.80 Å². The Bertz CT molecular complexity index is 751. The van der Waals surface area contributed by atoms with Gasteiger partial charge in [-0.05, 0) is 43.5 Å². The molecule has 0 saturated carbocycles. The molecule has 2 heteroatoms. The first-order valence-electron chi connectivity index (χ1n) is 9.43. The highest BCUT2D eigenvalue weighted by Gasteiger charge is 2.36. The summed E-state index contributed by atoms with van der Waals surface area (Å²) < 4.78 is 0. The van der Waals surface area contributed by atoms with Crippen molar-refractivity contribution in [3.63, 3.8) is 0 Å². The minimum atomic E-state index is 0.0289. The molecule has 0 spiro atoms. The van der Waals surface area contributed by atoms with Crippen LogP contribution in [0.2, 0.25) is 0 Å². The van der Waals surface area contributed by atoms with Gasteiger partial charge in [0.25, 0.3) is 0 Å². The Morgan fingerprint density at radius 1 is 1.00 bits per heavy atom. The van der Waals surface area contributed by atoms with E-state index in [4.69, 9.17) is 0 Å². The van der Waals surface area contributed by atoms with Gasteiger partial charge in [0.1, 0.15) is 6.17 Å². The van der Waals surface area contributed by atoms with Crippen molar-refractivity contribution in [1.82, 2.24) is 0 Å². The number of allylic oxidation sites excluding steroid dienone is 1. The maximum absolute atomic E-state index is 4.22. The molecule has 1 aliphatic rings. The molecule has 0 amide bonds. The Labute approximate surface area is 152 Å². The van der Waals surface area contributed by atoms with Crippen LogP contribution in [-0.2, 0) is 5.41 Å². The lowest BCUT2D eigenvalue weighted by molar-refractivity contribution is 0.468. The standard InChI is InChI=1S/C23H30N2/c1-6-17-23(7-2,8-3)19-13-9-10-14-20(19)25-18(4)24(5)21-15-11-12-16-22(21)25/h7,9-16,18H,2,6,8,17H2,1,3-5H3/t18-,23?/m1/s1. The fraction of sp³-hybridized carbons (Fsp3) is 0.391. The molecule has 1 aliphatic heterocycles. The number of hydrogen-bond acceptors (Lipinski definition) is 2. The van der Waals surface area contributed by atoms with E-state index in [1.807, 2.05) is 0 Å². The summed E-state index contributed by atoms with van der Waals surface area (Å²) in [5.41, 5.74) is 5.31. The molecule has 2 atom stereocenters. The smallest absolute Gasteiger partial charge is 0.103 e. The molecule has 0 saturated heterocycles. The van der Waals surface area contributed by atoms with Gasteiger partial charge in [-0.15, -0.1) is 6.58 Å². The second kappa shape index (κ2) is 6.95. The summed E-state index contributed by atoms with van der Waals surface area (Å²) in [6, 6.07) is 17.6. The molecule has 0 radical (unpaired) electrons. The number of hydrogen-bond donors (Lipinski definition) is 0. The van der Waals surface area contributed by atoms with Gasteiger partial charge in [0.05, 0.1) is 11.4 Å². The van der Waals surface area contributed by atoms with Crippen molar-refractivity contribution in [3.8, 4) is 0 Å². The number of rotatable bonds is 6. The minimum absolute atomic E-state index is 0.0289. The highest BCUT2D eigenvalue weighted by atomic mass is 15.4. The molecule has 2 nitrogen and oxygen atoms in total. The Morgan fingerprint density at radius 3 is 2.20 bits per heavy atom. The maximum Gasteiger partial charge on any atom is 0.103 e. The zero-order valence-electron chi connectivity index (χ0n) is 16.0. The third kappa shape index (κ3) is 2.74. The summed E-state index contributed by atoms with van der Waals surface area (Å²) in [7, 11) is 2.18. The van der Waals surface area contributed by atoms with Crippen LogP contribution in [0.5, 0.6) is 0 Å². The van der Waals surface area contributed by atoms with E-state index in [-0.39, 0.29) is 5.41 Å². The summed E-state index contributed by atoms with van der Waals surface area (Å²) in [6.45, 7) is 11.0. The largest absolute Gasteiger partial charge is 0.353 e. The quantitative estimate of drug-likeness (QED) is 0.576. The van der Waals surface area contributed by atoms with Gasteiger partial charge in [-0.2, -0.15) is 0 Å². The summed E-state index contributed by atoms with van der Waals surface area (Å²) in [6.07, 6.45) is 5.82. The fourth-order valence-electron chi connectivity index (χ4n) is 4.28. The molecule has 25 heavy (non-hydrogen) atoms. The van der Waals surface area contributed by atoms with Crippen LogP contribution in [0.4, 0.5) is 17.1 Å². The van der Waals surface area contributed by atoms with E-state index in [9.17, 15) is 0 Å². The molecule has 2 aromatic carbocycles. The Kier molecular flexibility index (Phi) is 4.89. The number of benzene rings is 2. The van der Waals surface area contributed by atoms with Gasteiger partial charge in [0.15, 0.2) is 0 Å². The van der Waals surface area contributed by atoms with E-state index in [2.05, 4.69) is 98.8 Å². The minimum Gasteiger partial charge on any atom is -0.353 e. The van der Waals surface area contributed by atoms with Crippen molar-refractivity contribution in [3.05, 3.63) is 66.7 Å². The Balaban J connectivity index is 2.18. The third-order valence-corrected chi connectivity index (χ3v) is 5.87. The van der Waals surface area contributed by atoms with E-state index in [0.717, 1.165) is 19.3 Å². The predicted octanol–water partition coefficient (Wildman–Crippen LogP) is 6.25. The zero-order valence-corrected chi connectivity index (χ0v) is 16.0. The molecule has 3 rings (SSSR count). The molecule has 2 aromatic rings. The van der Waals surface area contributed by atoms with Crippen LogP contribution in [0.25, 0.3) is 0 Å². The highest BCUT2D eigenvalue weighted by Crippen LogP contribution is 2.47. The molecular weight excluding hydrogens is 304 g/mol. The topological polar surface area (TPSA) is 6.48 Å². The van der Waals surface area contributed by atoms with Gasteiger partial charge >= 0.3 is 0 Å². The van der Waals surface area contributed by atoms with Gasteiger partial charge in [0.2, 0.25) is 0 Å². The van der Waals surface area contributed by atoms with E-state index in [0.29, 0.717) is 6.17 Å². The van der Waals surface area contributed by atoms with Crippen molar-refractivity contribution in [1.29, 1.82) is 0 Å². The van der Waals surface area contributed by atoms with Gasteiger partial charge in [0, 0.05) is 18.2 Å². The van der Waals surface area contributed by atoms with Crippen molar-refractivity contribution in [2.24, 2.45) is 0 Å². The van der Waals surface area contributed by atoms with Gasteiger partial charge < -0.3 is 9.80 Å². The van der Waals surface area contributed by atoms with Crippen LogP contribution in [0.1, 0.15) is 45.6 Å². The SMILES string of the molecule is C=CC(CC)(CCC)c1ccccc1N1c2ccccc2N(C)[C@H]1C. The first-order chi connectivity index (χ1) is 12.1. The molecule has 0 aromatic heterocycles. The number of nitrogens with zero attached hydrogens (tertiary/aromatic N) is 2. The van der Waals surface area contributed by atoms with E-state index in [1.165, 1.54) is 22.6 Å². The Morgan fingerprint density at radius 2 is 1.60 bits per heavy atom. The summed E-state index contributed by atoms with van der Waals surface area (Å²) in [5.74, 6) is 0. The lowest BCUT2D eigenvalue weighted by Crippen LogP contribution is -2.37. The van der Waals surface area contributed by atoms with Crippen molar-refractivity contribution in [2.75, 3.05) is 16.8 Å². The summed E-state index contributed by atoms with van der Waals surface area (Å²) >= 11 is 0. The fourth-order valence-corrected chi connectivity index (χ4v) is 4.28. The summed E-state index contributed by atoms with van der Waals surface area (Å²) in [4.78, 5) is 4.84. The molecule has 0 fully saturated rings. The average Bonchev–Trinajstić information content (AvgIpc) is 2.91. The van der Waals surface area contributed by atoms with Crippen LogP contribution in [0, 0.1) is 0 Å². The number of para-hydroxylation sites is 3. The predicted molar refractivity (Wildman–Crippen MR) is 110 cm³/mol. The lowest BCUT2D eigenvalue weighted by atomic mass is 9.74. The van der Waals surface area contributed by atoms with E-state index < -0.39 is 0 Å². The van der Waals surface area contributed by atoms with Crippen LogP contribution in [0.3, 0.4) is 0 Å². The molecule has 132 valence electrons. The number of anilines is 3. The third-order valence-electron chi connectivity index (χ3n) is 5.87. The first-order valence-corrected chi connectivity index (χ1v) is 9.43. The molecule has 0 N–H and O–H groups in total. The second-order valence-electron chi connectivity index (χ2n) is 7.08. The molecule has 0 bridgehead atoms. The lowest BCUT2D eigenvalue weighted by Gasteiger charge is -2.36. The first kappa shape index (κ1) is 17.6. The van der Waals surface area contributed by atoms with Crippen molar-refractivity contribution >= 4 is 17.1 Å². The average molecular weight is 335 g/mol. The van der Waals surface area contributed by atoms with Crippen molar-refractivity contribution in [2.45, 2.75) is 51.6 Å². The van der Waals surface area contributed by atoms with Gasteiger partial charge in [-0.1, -0.05) is 56.7 Å². The molecule has 1 unspecified atom stereocenters. The van der Waals surface area contributed by atoms with Crippen LogP contribution in [-0.4, -0.2) is 13.2 Å². The normalized spacial score (nSPS) is 18.8. The highest BCUT2D eigenvalue weighted by molar-refractivity contribution is 5.84. The summed E-state index contributed by atoms with van der Waals surface area (Å²) in [5, 5.41) is 0. The van der Waals surface area contributed by atoms with E-state index in [1.54, 1.807) is 0 Å². The van der Waals surface area contributed by atoms with Crippen LogP contribution in [0.15, 0.2) is 61.2 Å². The monoisotopic (exact) mass is 334 g/mol. The van der Waals surface area contributed by atoms with Crippen molar-refractivity contribution < 1.29 is 0 Å². The Hall–Kier alpha value is -2.22. The van der Waals surface area contributed by atoms with E-state index >= 15 is 0 Å². The number of fused-ring (bicyclic) bond motifs is 1. The molecular formula is C23H30N2.